The fourth-order valence-electron chi connectivity index (χ4n) is 3.11. The molecule has 0 saturated carbocycles. The zero-order valence-electron chi connectivity index (χ0n) is 20.6. The molecule has 0 aliphatic carbocycles. The van der Waals surface area contributed by atoms with Crippen molar-refractivity contribution in [2.24, 2.45) is 10.9 Å². The lowest BCUT2D eigenvalue weighted by Gasteiger charge is -2.24. The van der Waals surface area contributed by atoms with Crippen LogP contribution < -0.4 is 0 Å². The maximum absolute atomic E-state index is 13.0. The summed E-state index contributed by atoms with van der Waals surface area (Å²) in [5.41, 5.74) is 1.41. The molecular formula is C26H38FN5O. The highest BCUT2D eigenvalue weighted by Crippen LogP contribution is 2.15. The van der Waals surface area contributed by atoms with Crippen LogP contribution >= 0.6 is 0 Å². The summed E-state index contributed by atoms with van der Waals surface area (Å²) in [5, 5.41) is 8.35. The lowest BCUT2D eigenvalue weighted by molar-refractivity contribution is -0.121. The van der Waals surface area contributed by atoms with Gasteiger partial charge in [-0.15, -0.1) is 5.10 Å². The molecule has 0 fully saturated rings. The molecule has 1 amide bonds. The van der Waals surface area contributed by atoms with Gasteiger partial charge in [0.2, 0.25) is 0 Å². The number of amides is 1. The van der Waals surface area contributed by atoms with Gasteiger partial charge in [0.25, 0.3) is 5.91 Å². The molecule has 0 spiro atoms. The molecule has 33 heavy (non-hydrogen) atoms. The van der Waals surface area contributed by atoms with Crippen molar-refractivity contribution in [1.82, 2.24) is 19.9 Å². The van der Waals surface area contributed by atoms with Gasteiger partial charge in [-0.2, -0.15) is 0 Å². The first-order chi connectivity index (χ1) is 16.0. The van der Waals surface area contributed by atoms with Gasteiger partial charge >= 0.3 is 0 Å². The Kier molecular flexibility index (Phi) is 14.0. The van der Waals surface area contributed by atoms with Gasteiger partial charge in [0, 0.05) is 31.8 Å². The zero-order chi connectivity index (χ0) is 24.5. The summed E-state index contributed by atoms with van der Waals surface area (Å²) in [6, 6.07) is 0. The third-order valence-electron chi connectivity index (χ3n) is 4.52. The molecule has 0 atom stereocenters. The number of carbonyl (C=O) groups excluding carboxylic acids is 1. The van der Waals surface area contributed by atoms with Crippen LogP contribution in [0, 0.1) is 5.92 Å². The fourth-order valence-corrected chi connectivity index (χ4v) is 3.11. The summed E-state index contributed by atoms with van der Waals surface area (Å²) in [4.78, 5) is 19.1. The molecular weight excluding hydrogens is 417 g/mol. The van der Waals surface area contributed by atoms with Crippen LogP contribution in [0.5, 0.6) is 0 Å². The van der Waals surface area contributed by atoms with E-state index >= 15 is 0 Å². The monoisotopic (exact) mass is 455 g/mol. The largest absolute Gasteiger partial charge is 0.269 e. The minimum atomic E-state index is -0.227. The van der Waals surface area contributed by atoms with Gasteiger partial charge in [-0.1, -0.05) is 57.1 Å². The Hall–Kier alpha value is -3.09. The second-order valence-electron chi connectivity index (χ2n) is 8.00. The average Bonchev–Trinajstić information content (AvgIpc) is 3.21. The molecule has 0 aliphatic rings. The molecule has 0 aliphatic heterocycles. The number of unbranched alkanes of at least 4 members (excludes halogenated alkanes) is 2. The van der Waals surface area contributed by atoms with E-state index in [-0.39, 0.29) is 5.91 Å². The molecule has 0 unspecified atom stereocenters. The quantitative estimate of drug-likeness (QED) is 0.115. The Bertz CT molecular complexity index is 890. The predicted molar refractivity (Wildman–Crippen MR) is 134 cm³/mol. The van der Waals surface area contributed by atoms with E-state index in [4.69, 9.17) is 0 Å². The number of aliphatic imine (C=N–C) groups is 1. The zero-order valence-corrected chi connectivity index (χ0v) is 20.6. The van der Waals surface area contributed by atoms with Crippen LogP contribution in [0.3, 0.4) is 0 Å². The number of rotatable bonds is 13. The first-order valence-corrected chi connectivity index (χ1v) is 11.6. The van der Waals surface area contributed by atoms with E-state index in [1.54, 1.807) is 36.3 Å². The smallest absolute Gasteiger partial charge is 0.256 e. The van der Waals surface area contributed by atoms with Crippen molar-refractivity contribution in [3.05, 3.63) is 72.6 Å². The molecule has 0 bridgehead atoms. The fraction of sp³-hybridized carbons (Fsp3) is 0.462. The van der Waals surface area contributed by atoms with Gasteiger partial charge in [-0.25, -0.2) is 9.38 Å². The molecule has 0 N–H and O–H groups in total. The third-order valence-corrected chi connectivity index (χ3v) is 4.52. The number of halogens is 1. The van der Waals surface area contributed by atoms with Crippen LogP contribution in [0.2, 0.25) is 0 Å². The topological polar surface area (TPSA) is 63.4 Å². The minimum Gasteiger partial charge on any atom is -0.269 e. The van der Waals surface area contributed by atoms with Crippen molar-refractivity contribution in [3.63, 3.8) is 0 Å². The van der Waals surface area contributed by atoms with Gasteiger partial charge in [0.05, 0.1) is 17.7 Å². The van der Waals surface area contributed by atoms with Gasteiger partial charge in [0.15, 0.2) is 0 Å². The second-order valence-corrected chi connectivity index (χ2v) is 8.00. The summed E-state index contributed by atoms with van der Waals surface area (Å²) in [5.74, 6) is 0.884. The van der Waals surface area contributed by atoms with Crippen LogP contribution in [0.15, 0.2) is 71.9 Å². The van der Waals surface area contributed by atoms with Crippen molar-refractivity contribution in [1.29, 1.82) is 0 Å². The maximum Gasteiger partial charge on any atom is 0.256 e. The van der Waals surface area contributed by atoms with Crippen molar-refractivity contribution in [3.8, 4) is 0 Å². The standard InChI is InChI=1S/C26H38FN5O/c1-6-9-10-17-25(28-19-12-15-23-21-31(30-29-23)20-22(4)5)32(26(33)14-8-3)24(13-7-2)16-11-18-27/h7-8,11-14,16,18-19,21-22H,6,9-10,15,17,20H2,1-5H3/b13-7-,14-8+,18-11+,19-12+,24-16+,28-25?. The van der Waals surface area contributed by atoms with Crippen LogP contribution in [0.25, 0.3) is 0 Å². The Morgan fingerprint density at radius 1 is 1.24 bits per heavy atom. The number of carbonyl (C=O) groups is 1. The summed E-state index contributed by atoms with van der Waals surface area (Å²) in [7, 11) is 0. The highest BCUT2D eigenvalue weighted by atomic mass is 19.1. The van der Waals surface area contributed by atoms with Gasteiger partial charge in [-0.05, 0) is 50.5 Å². The molecule has 1 aromatic heterocycles. The molecule has 1 aromatic rings. The van der Waals surface area contributed by atoms with Crippen LogP contribution in [-0.2, 0) is 17.8 Å². The number of amidine groups is 1. The van der Waals surface area contributed by atoms with E-state index in [2.05, 4.69) is 36.1 Å². The molecule has 180 valence electrons. The maximum atomic E-state index is 13.0. The van der Waals surface area contributed by atoms with Crippen LogP contribution in [0.4, 0.5) is 4.39 Å². The second kappa shape index (κ2) is 16.5. The van der Waals surface area contributed by atoms with Crippen molar-refractivity contribution in [2.75, 3.05) is 0 Å². The number of nitrogens with zero attached hydrogens (tertiary/aromatic N) is 5. The number of hydrogen-bond donors (Lipinski definition) is 0. The summed E-state index contributed by atoms with van der Waals surface area (Å²) >= 11 is 0. The minimum absolute atomic E-state index is 0.227. The summed E-state index contributed by atoms with van der Waals surface area (Å²) in [6.45, 7) is 10.9. The van der Waals surface area contributed by atoms with Crippen LogP contribution in [0.1, 0.15) is 66.0 Å². The number of hydrogen-bond acceptors (Lipinski definition) is 4. The predicted octanol–water partition coefficient (Wildman–Crippen LogP) is 6.32. The first-order valence-electron chi connectivity index (χ1n) is 11.6. The molecule has 0 saturated heterocycles. The van der Waals surface area contributed by atoms with E-state index in [0.29, 0.717) is 36.6 Å². The van der Waals surface area contributed by atoms with Gasteiger partial charge in [0.1, 0.15) is 5.84 Å². The number of aromatic nitrogens is 3. The lowest BCUT2D eigenvalue weighted by atomic mass is 10.1. The Labute approximate surface area is 198 Å². The van der Waals surface area contributed by atoms with E-state index in [0.717, 1.165) is 31.5 Å². The van der Waals surface area contributed by atoms with Crippen molar-refractivity contribution < 1.29 is 9.18 Å². The van der Waals surface area contributed by atoms with Crippen molar-refractivity contribution in [2.45, 2.75) is 73.3 Å². The molecule has 0 aromatic carbocycles. The number of allylic oxidation sites excluding steroid dienone is 6. The van der Waals surface area contributed by atoms with Gasteiger partial charge < -0.3 is 0 Å². The first kappa shape index (κ1) is 27.9. The van der Waals surface area contributed by atoms with E-state index in [1.807, 2.05) is 30.0 Å². The highest BCUT2D eigenvalue weighted by Gasteiger charge is 2.19. The highest BCUT2D eigenvalue weighted by molar-refractivity contribution is 6.05. The molecule has 1 heterocycles. The lowest BCUT2D eigenvalue weighted by Crippen LogP contribution is -2.34. The van der Waals surface area contributed by atoms with Gasteiger partial charge in [-0.3, -0.25) is 14.4 Å². The van der Waals surface area contributed by atoms with E-state index in [9.17, 15) is 9.18 Å². The Morgan fingerprint density at radius 2 is 2.00 bits per heavy atom. The van der Waals surface area contributed by atoms with Crippen LogP contribution in [-0.4, -0.2) is 31.6 Å². The molecule has 1 rings (SSSR count). The molecule has 7 heteroatoms. The average molecular weight is 456 g/mol. The Balaban J connectivity index is 3.21. The summed E-state index contributed by atoms with van der Waals surface area (Å²) in [6.07, 6.45) is 19.8. The SMILES string of the molecule is C\C=C/C(=C\C=C\F)N(C(=O)/C=C/C)C(CCCCC)=N/C=C/Cc1cn(CC(C)C)nn1. The third kappa shape index (κ3) is 10.9. The Morgan fingerprint density at radius 3 is 2.64 bits per heavy atom. The van der Waals surface area contributed by atoms with Crippen molar-refractivity contribution >= 4 is 11.7 Å². The van der Waals surface area contributed by atoms with E-state index < -0.39 is 0 Å². The molecule has 0 radical (unpaired) electrons. The molecule has 6 nitrogen and oxygen atoms in total. The van der Waals surface area contributed by atoms with E-state index in [1.165, 1.54) is 12.2 Å². The summed E-state index contributed by atoms with van der Waals surface area (Å²) < 4.78 is 14.6. The normalized spacial score (nSPS) is 13.5.